The molecule has 1 aromatic rings. The summed E-state index contributed by atoms with van der Waals surface area (Å²) in [6.45, 7) is 2.06. The maximum atomic E-state index is 12.2. The standard InChI is InChI=1S/C12H18FNO2/c1-3-16-11-5-4-9(8-12(11)15-2)10(14)6-7-13/h4-5,8,10H,3,6-7,14H2,1-2H3/t10-/m1/s1. The highest BCUT2D eigenvalue weighted by atomic mass is 19.1. The van der Waals surface area contributed by atoms with Crippen molar-refractivity contribution in [2.75, 3.05) is 20.4 Å². The third-order valence-electron chi connectivity index (χ3n) is 2.34. The van der Waals surface area contributed by atoms with E-state index in [2.05, 4.69) is 0 Å². The predicted molar refractivity (Wildman–Crippen MR) is 61.7 cm³/mol. The third kappa shape index (κ3) is 3.10. The van der Waals surface area contributed by atoms with Crippen molar-refractivity contribution in [3.8, 4) is 11.5 Å². The topological polar surface area (TPSA) is 44.5 Å². The number of methoxy groups -OCH3 is 1. The summed E-state index contributed by atoms with van der Waals surface area (Å²) in [5, 5.41) is 0. The van der Waals surface area contributed by atoms with Crippen molar-refractivity contribution in [3.05, 3.63) is 23.8 Å². The van der Waals surface area contributed by atoms with Crippen LogP contribution in [-0.2, 0) is 0 Å². The van der Waals surface area contributed by atoms with Crippen molar-refractivity contribution in [2.24, 2.45) is 5.73 Å². The normalized spacial score (nSPS) is 12.2. The second kappa shape index (κ2) is 6.33. The van der Waals surface area contributed by atoms with Crippen LogP contribution in [0.25, 0.3) is 0 Å². The summed E-state index contributed by atoms with van der Waals surface area (Å²) in [6.07, 6.45) is 0.317. The molecule has 1 aromatic carbocycles. The Labute approximate surface area is 95.4 Å². The van der Waals surface area contributed by atoms with Crippen LogP contribution < -0.4 is 15.2 Å². The average molecular weight is 227 g/mol. The molecule has 2 N–H and O–H groups in total. The van der Waals surface area contributed by atoms with E-state index in [9.17, 15) is 4.39 Å². The fourth-order valence-electron chi connectivity index (χ4n) is 1.47. The van der Waals surface area contributed by atoms with Crippen LogP contribution in [0, 0.1) is 0 Å². The molecule has 0 bridgehead atoms. The maximum absolute atomic E-state index is 12.2. The van der Waals surface area contributed by atoms with Crippen molar-refractivity contribution in [2.45, 2.75) is 19.4 Å². The Kier molecular flexibility index (Phi) is 5.05. The average Bonchev–Trinajstić information content (AvgIpc) is 2.30. The monoisotopic (exact) mass is 227 g/mol. The van der Waals surface area contributed by atoms with E-state index in [4.69, 9.17) is 15.2 Å². The number of alkyl halides is 1. The van der Waals surface area contributed by atoms with Gasteiger partial charge in [-0.2, -0.15) is 0 Å². The van der Waals surface area contributed by atoms with Gasteiger partial charge in [0, 0.05) is 6.04 Å². The number of rotatable bonds is 6. The number of ether oxygens (including phenoxy) is 2. The van der Waals surface area contributed by atoms with Gasteiger partial charge in [-0.15, -0.1) is 0 Å². The molecule has 90 valence electrons. The lowest BCUT2D eigenvalue weighted by atomic mass is 10.0. The van der Waals surface area contributed by atoms with Gasteiger partial charge in [-0.3, -0.25) is 4.39 Å². The number of halogens is 1. The molecule has 0 fully saturated rings. The van der Waals surface area contributed by atoms with Crippen LogP contribution in [0.15, 0.2) is 18.2 Å². The predicted octanol–water partition coefficient (Wildman–Crippen LogP) is 2.45. The highest BCUT2D eigenvalue weighted by Crippen LogP contribution is 2.30. The Hall–Kier alpha value is -1.29. The maximum Gasteiger partial charge on any atom is 0.161 e. The Morgan fingerprint density at radius 1 is 1.38 bits per heavy atom. The van der Waals surface area contributed by atoms with Crippen LogP contribution >= 0.6 is 0 Å². The van der Waals surface area contributed by atoms with E-state index in [0.717, 1.165) is 5.56 Å². The lowest BCUT2D eigenvalue weighted by Gasteiger charge is -2.14. The van der Waals surface area contributed by atoms with Crippen LogP contribution in [-0.4, -0.2) is 20.4 Å². The molecule has 0 spiro atoms. The van der Waals surface area contributed by atoms with Crippen LogP contribution in [0.2, 0.25) is 0 Å². The molecule has 0 unspecified atom stereocenters. The van der Waals surface area contributed by atoms with Crippen molar-refractivity contribution in [3.63, 3.8) is 0 Å². The lowest BCUT2D eigenvalue weighted by molar-refractivity contribution is 0.310. The van der Waals surface area contributed by atoms with Gasteiger partial charge in [-0.25, -0.2) is 0 Å². The van der Waals surface area contributed by atoms with E-state index < -0.39 is 6.67 Å². The number of nitrogens with two attached hydrogens (primary N) is 1. The van der Waals surface area contributed by atoms with Gasteiger partial charge < -0.3 is 15.2 Å². The minimum Gasteiger partial charge on any atom is -0.493 e. The molecule has 0 aliphatic carbocycles. The number of hydrogen-bond acceptors (Lipinski definition) is 3. The first-order chi connectivity index (χ1) is 7.72. The molecule has 4 heteroatoms. The largest absolute Gasteiger partial charge is 0.493 e. The van der Waals surface area contributed by atoms with Gasteiger partial charge in [-0.05, 0) is 31.0 Å². The van der Waals surface area contributed by atoms with Crippen LogP contribution in [0.3, 0.4) is 0 Å². The molecule has 0 saturated heterocycles. The molecular weight excluding hydrogens is 209 g/mol. The quantitative estimate of drug-likeness (QED) is 0.811. The number of hydrogen-bond donors (Lipinski definition) is 1. The first kappa shape index (κ1) is 12.8. The minimum absolute atomic E-state index is 0.297. The highest BCUT2D eigenvalue weighted by Gasteiger charge is 2.10. The molecule has 16 heavy (non-hydrogen) atoms. The molecule has 1 atom stereocenters. The van der Waals surface area contributed by atoms with Crippen molar-refractivity contribution >= 4 is 0 Å². The summed E-state index contributed by atoms with van der Waals surface area (Å²) >= 11 is 0. The van der Waals surface area contributed by atoms with Gasteiger partial charge in [0.15, 0.2) is 11.5 Å². The van der Waals surface area contributed by atoms with Gasteiger partial charge >= 0.3 is 0 Å². The molecule has 0 heterocycles. The molecule has 0 amide bonds. The van der Waals surface area contributed by atoms with Crippen molar-refractivity contribution < 1.29 is 13.9 Å². The fourth-order valence-corrected chi connectivity index (χ4v) is 1.47. The molecule has 0 aliphatic heterocycles. The molecule has 0 aliphatic rings. The van der Waals surface area contributed by atoms with Crippen LogP contribution in [0.1, 0.15) is 24.9 Å². The first-order valence-corrected chi connectivity index (χ1v) is 5.35. The summed E-state index contributed by atoms with van der Waals surface area (Å²) in [5.74, 6) is 1.31. The zero-order chi connectivity index (χ0) is 12.0. The third-order valence-corrected chi connectivity index (χ3v) is 2.34. The summed E-state index contributed by atoms with van der Waals surface area (Å²) in [5.41, 5.74) is 6.68. The van der Waals surface area contributed by atoms with Gasteiger partial charge in [-0.1, -0.05) is 6.07 Å². The van der Waals surface area contributed by atoms with Gasteiger partial charge in [0.05, 0.1) is 20.4 Å². The Morgan fingerprint density at radius 3 is 2.69 bits per heavy atom. The molecule has 0 saturated carbocycles. The Balaban J connectivity index is 2.89. The van der Waals surface area contributed by atoms with E-state index in [1.54, 1.807) is 19.2 Å². The lowest BCUT2D eigenvalue weighted by Crippen LogP contribution is -2.11. The summed E-state index contributed by atoms with van der Waals surface area (Å²) in [6, 6.07) is 5.14. The second-order valence-electron chi connectivity index (χ2n) is 3.43. The summed E-state index contributed by atoms with van der Waals surface area (Å²) in [7, 11) is 1.57. The van der Waals surface area contributed by atoms with E-state index >= 15 is 0 Å². The summed E-state index contributed by atoms with van der Waals surface area (Å²) < 4.78 is 22.8. The van der Waals surface area contributed by atoms with Crippen LogP contribution in [0.5, 0.6) is 11.5 Å². The fraction of sp³-hybridized carbons (Fsp3) is 0.500. The van der Waals surface area contributed by atoms with Gasteiger partial charge in [0.2, 0.25) is 0 Å². The molecule has 0 aromatic heterocycles. The van der Waals surface area contributed by atoms with Crippen molar-refractivity contribution in [1.29, 1.82) is 0 Å². The molecule has 1 rings (SSSR count). The zero-order valence-corrected chi connectivity index (χ0v) is 9.70. The summed E-state index contributed by atoms with van der Waals surface area (Å²) in [4.78, 5) is 0. The SMILES string of the molecule is CCOc1ccc([C@H](N)CCF)cc1OC. The highest BCUT2D eigenvalue weighted by molar-refractivity contribution is 5.43. The molecule has 0 radical (unpaired) electrons. The molecular formula is C12H18FNO2. The minimum atomic E-state index is -0.420. The van der Waals surface area contributed by atoms with Gasteiger partial charge in [0.1, 0.15) is 0 Å². The zero-order valence-electron chi connectivity index (χ0n) is 9.70. The smallest absolute Gasteiger partial charge is 0.161 e. The number of benzene rings is 1. The Morgan fingerprint density at radius 2 is 2.12 bits per heavy atom. The second-order valence-corrected chi connectivity index (χ2v) is 3.43. The van der Waals surface area contributed by atoms with Crippen LogP contribution in [0.4, 0.5) is 4.39 Å². The van der Waals surface area contributed by atoms with Crippen molar-refractivity contribution in [1.82, 2.24) is 0 Å². The van der Waals surface area contributed by atoms with E-state index in [0.29, 0.717) is 24.5 Å². The van der Waals surface area contributed by atoms with E-state index in [1.165, 1.54) is 0 Å². The Bertz CT molecular complexity index is 331. The van der Waals surface area contributed by atoms with E-state index in [1.807, 2.05) is 13.0 Å². The van der Waals surface area contributed by atoms with Gasteiger partial charge in [0.25, 0.3) is 0 Å². The first-order valence-electron chi connectivity index (χ1n) is 5.35. The van der Waals surface area contributed by atoms with E-state index in [-0.39, 0.29) is 6.04 Å². The molecule has 3 nitrogen and oxygen atoms in total.